The lowest BCUT2D eigenvalue weighted by Gasteiger charge is -1.91. The van der Waals surface area contributed by atoms with Gasteiger partial charge in [0, 0.05) is 11.8 Å². The van der Waals surface area contributed by atoms with Gasteiger partial charge >= 0.3 is 0 Å². The first-order valence-electron chi connectivity index (χ1n) is 4.52. The fraction of sp³-hybridized carbons (Fsp3) is 0. The monoisotopic (exact) mass is 198 g/mol. The van der Waals surface area contributed by atoms with Crippen LogP contribution in [0.2, 0.25) is 0 Å². The molecule has 3 heteroatoms. The van der Waals surface area contributed by atoms with Crippen molar-refractivity contribution >= 4 is 16.8 Å². The molecule has 0 saturated heterocycles. The van der Waals surface area contributed by atoms with Crippen LogP contribution in [0.5, 0.6) is 0 Å². The van der Waals surface area contributed by atoms with Crippen LogP contribution in [0.3, 0.4) is 0 Å². The Hall–Kier alpha value is -2.16. The van der Waals surface area contributed by atoms with E-state index >= 15 is 0 Å². The van der Waals surface area contributed by atoms with Crippen molar-refractivity contribution in [3.05, 3.63) is 55.6 Å². The first-order chi connectivity index (χ1) is 7.35. The second-order valence-electron chi connectivity index (χ2n) is 2.91. The summed E-state index contributed by atoms with van der Waals surface area (Å²) in [4.78, 5) is 8.32. The van der Waals surface area contributed by atoms with Crippen LogP contribution < -0.4 is 0 Å². The van der Waals surface area contributed by atoms with Gasteiger partial charge in [-0.15, -0.1) is 0 Å². The van der Waals surface area contributed by atoms with Crippen LogP contribution in [0, 0.1) is 0 Å². The average molecular weight is 198 g/mol. The summed E-state index contributed by atoms with van der Waals surface area (Å²) >= 11 is 0. The lowest BCUT2D eigenvalue weighted by Crippen LogP contribution is -1.79. The first kappa shape index (κ1) is 9.40. The van der Waals surface area contributed by atoms with Crippen molar-refractivity contribution in [2.75, 3.05) is 0 Å². The van der Waals surface area contributed by atoms with Crippen molar-refractivity contribution < 1.29 is 4.42 Å². The molecule has 2 aromatic heterocycles. The van der Waals surface area contributed by atoms with E-state index in [4.69, 9.17) is 4.42 Å². The van der Waals surface area contributed by atoms with Crippen molar-refractivity contribution in [3.63, 3.8) is 0 Å². The van der Waals surface area contributed by atoms with Gasteiger partial charge in [-0.25, -0.2) is 4.98 Å². The molecule has 0 unspecified atom stereocenters. The molecule has 0 amide bonds. The fourth-order valence-electron chi connectivity index (χ4n) is 1.25. The fourth-order valence-corrected chi connectivity index (χ4v) is 1.25. The van der Waals surface area contributed by atoms with Crippen LogP contribution in [0.25, 0.3) is 16.8 Å². The number of oxazole rings is 1. The van der Waals surface area contributed by atoms with Crippen LogP contribution in [0.4, 0.5) is 0 Å². The quantitative estimate of drug-likeness (QED) is 0.711. The average Bonchev–Trinajstić information content (AvgIpc) is 2.69. The Labute approximate surface area is 87.5 Å². The van der Waals surface area contributed by atoms with E-state index in [0.29, 0.717) is 17.1 Å². The zero-order chi connectivity index (χ0) is 10.7. The van der Waals surface area contributed by atoms with E-state index in [1.807, 2.05) is 12.1 Å². The molecule has 0 bridgehead atoms. The number of hydrogen-bond donors (Lipinski definition) is 0. The summed E-state index contributed by atoms with van der Waals surface area (Å²) in [7, 11) is 0. The number of allylic oxidation sites excluding steroid dienone is 4. The molecule has 2 aromatic rings. The lowest BCUT2D eigenvalue weighted by atomic mass is 10.2. The molecule has 0 fully saturated rings. The van der Waals surface area contributed by atoms with Gasteiger partial charge in [0.1, 0.15) is 0 Å². The molecule has 2 rings (SSSR count). The third kappa shape index (κ3) is 1.72. The topological polar surface area (TPSA) is 38.9 Å². The predicted molar refractivity (Wildman–Crippen MR) is 60.2 cm³/mol. The summed E-state index contributed by atoms with van der Waals surface area (Å²) in [6.45, 7) is 7.31. The Morgan fingerprint density at radius 2 is 2.27 bits per heavy atom. The Balaban J connectivity index is 2.57. The van der Waals surface area contributed by atoms with Crippen molar-refractivity contribution in [1.82, 2.24) is 9.97 Å². The largest absolute Gasteiger partial charge is 0.434 e. The standard InChI is InChI=1S/C12H10N2O/c1-3-6-9(4-2)12-14-11-10(15-12)7-5-8-13-11/h3-8H,1-2H2/b9-6+. The Bertz CT molecular complexity index is 504. The second-order valence-corrected chi connectivity index (χ2v) is 2.91. The minimum absolute atomic E-state index is 0.513. The Morgan fingerprint density at radius 1 is 1.40 bits per heavy atom. The number of hydrogen-bond acceptors (Lipinski definition) is 3. The third-order valence-corrected chi connectivity index (χ3v) is 1.93. The van der Waals surface area contributed by atoms with Gasteiger partial charge in [-0.05, 0) is 12.1 Å². The second kappa shape index (κ2) is 3.92. The maximum atomic E-state index is 5.51. The molecule has 0 aromatic carbocycles. The Kier molecular flexibility index (Phi) is 2.46. The number of nitrogens with zero attached hydrogens (tertiary/aromatic N) is 2. The minimum Gasteiger partial charge on any atom is -0.434 e. The summed E-state index contributed by atoms with van der Waals surface area (Å²) in [5.74, 6) is 0.513. The third-order valence-electron chi connectivity index (χ3n) is 1.93. The summed E-state index contributed by atoms with van der Waals surface area (Å²) in [6, 6.07) is 3.63. The van der Waals surface area contributed by atoms with E-state index in [1.165, 1.54) is 0 Å². The van der Waals surface area contributed by atoms with E-state index in [0.717, 1.165) is 5.57 Å². The molecule has 0 saturated carbocycles. The van der Waals surface area contributed by atoms with E-state index < -0.39 is 0 Å². The van der Waals surface area contributed by atoms with Gasteiger partial charge in [0.25, 0.3) is 0 Å². The van der Waals surface area contributed by atoms with Gasteiger partial charge in [-0.1, -0.05) is 31.4 Å². The highest BCUT2D eigenvalue weighted by Crippen LogP contribution is 2.19. The number of pyridine rings is 1. The molecular weight excluding hydrogens is 188 g/mol. The SMILES string of the molecule is C=C/C=C(\C=C)c1nc2ncccc2o1. The molecule has 2 heterocycles. The normalized spacial score (nSPS) is 11.6. The van der Waals surface area contributed by atoms with Crippen molar-refractivity contribution in [3.8, 4) is 0 Å². The van der Waals surface area contributed by atoms with Crippen LogP contribution in [-0.4, -0.2) is 9.97 Å². The zero-order valence-corrected chi connectivity index (χ0v) is 8.18. The molecule has 0 aliphatic heterocycles. The van der Waals surface area contributed by atoms with Crippen molar-refractivity contribution in [2.45, 2.75) is 0 Å². The number of rotatable bonds is 3. The number of aromatic nitrogens is 2. The maximum Gasteiger partial charge on any atom is 0.228 e. The van der Waals surface area contributed by atoms with Gasteiger partial charge in [-0.3, -0.25) is 0 Å². The maximum absolute atomic E-state index is 5.51. The van der Waals surface area contributed by atoms with E-state index in [9.17, 15) is 0 Å². The van der Waals surface area contributed by atoms with Gasteiger partial charge in [0.2, 0.25) is 5.89 Å². The van der Waals surface area contributed by atoms with Crippen LogP contribution in [0.15, 0.2) is 54.1 Å². The predicted octanol–water partition coefficient (Wildman–Crippen LogP) is 2.98. The summed E-state index contributed by atoms with van der Waals surface area (Å²) in [5.41, 5.74) is 2.07. The number of fused-ring (bicyclic) bond motifs is 1. The first-order valence-corrected chi connectivity index (χ1v) is 4.52. The zero-order valence-electron chi connectivity index (χ0n) is 8.18. The highest BCUT2D eigenvalue weighted by atomic mass is 16.3. The summed E-state index contributed by atoms with van der Waals surface area (Å²) in [6.07, 6.45) is 6.81. The van der Waals surface area contributed by atoms with Crippen molar-refractivity contribution in [1.29, 1.82) is 0 Å². The summed E-state index contributed by atoms with van der Waals surface area (Å²) < 4.78 is 5.51. The van der Waals surface area contributed by atoms with Crippen LogP contribution in [0.1, 0.15) is 5.89 Å². The van der Waals surface area contributed by atoms with Gasteiger partial charge in [0.15, 0.2) is 11.2 Å². The van der Waals surface area contributed by atoms with Gasteiger partial charge < -0.3 is 4.42 Å². The molecule has 0 spiro atoms. The Morgan fingerprint density at radius 3 is 2.93 bits per heavy atom. The molecule has 15 heavy (non-hydrogen) atoms. The highest BCUT2D eigenvalue weighted by Gasteiger charge is 2.07. The molecule has 0 aliphatic carbocycles. The van der Waals surface area contributed by atoms with E-state index in [-0.39, 0.29) is 0 Å². The highest BCUT2D eigenvalue weighted by molar-refractivity contribution is 5.75. The minimum atomic E-state index is 0.513. The van der Waals surface area contributed by atoms with E-state index in [1.54, 1.807) is 24.4 Å². The smallest absolute Gasteiger partial charge is 0.228 e. The molecule has 74 valence electrons. The van der Waals surface area contributed by atoms with Crippen LogP contribution in [-0.2, 0) is 0 Å². The molecular formula is C12H10N2O. The van der Waals surface area contributed by atoms with Crippen molar-refractivity contribution in [2.24, 2.45) is 0 Å². The van der Waals surface area contributed by atoms with Gasteiger partial charge in [-0.2, -0.15) is 4.98 Å². The molecule has 0 aliphatic rings. The van der Waals surface area contributed by atoms with Gasteiger partial charge in [0.05, 0.1) is 0 Å². The molecule has 0 atom stereocenters. The van der Waals surface area contributed by atoms with E-state index in [2.05, 4.69) is 23.1 Å². The van der Waals surface area contributed by atoms with Crippen LogP contribution >= 0.6 is 0 Å². The lowest BCUT2D eigenvalue weighted by molar-refractivity contribution is 0.585. The molecule has 0 N–H and O–H groups in total. The molecule has 3 nitrogen and oxygen atoms in total. The molecule has 0 radical (unpaired) electrons. The summed E-state index contributed by atoms with van der Waals surface area (Å²) in [5, 5.41) is 0.